The van der Waals surface area contributed by atoms with Gasteiger partial charge in [0.2, 0.25) is 5.95 Å². The average Bonchev–Trinajstić information content (AvgIpc) is 3.18. The van der Waals surface area contributed by atoms with Crippen LogP contribution in [-0.4, -0.2) is 37.2 Å². The van der Waals surface area contributed by atoms with Crippen molar-refractivity contribution in [1.82, 2.24) is 19.9 Å². The lowest BCUT2D eigenvalue weighted by molar-refractivity contribution is 0.253. The summed E-state index contributed by atoms with van der Waals surface area (Å²) in [6, 6.07) is 6.30. The number of rotatable bonds is 4. The molecule has 4 N–H and O–H groups in total. The van der Waals surface area contributed by atoms with E-state index < -0.39 is 6.10 Å². The fourth-order valence-electron chi connectivity index (χ4n) is 3.63. The molecular weight excluding hydrogens is 364 g/mol. The number of anilines is 3. The Bertz CT molecular complexity index is 1010. The Labute approximate surface area is 170 Å². The molecule has 1 aliphatic carbocycles. The van der Waals surface area contributed by atoms with Gasteiger partial charge in [0.1, 0.15) is 18.1 Å². The first-order valence-electron chi connectivity index (χ1n) is 10.1. The van der Waals surface area contributed by atoms with E-state index in [4.69, 9.17) is 4.98 Å². The van der Waals surface area contributed by atoms with Gasteiger partial charge in [0.25, 0.3) is 0 Å². The standard InChI is InChI=1S/C22H26N6O/c1-14-12-16(9-8-15(2)29)10-11-18(14)26-22-27-20-19(23-13-24-20)21(28-22)25-17-6-4-3-5-7-17/h10-13,15,17,29H,3-7H2,1-2H3,(H3,23,24,25,26,27,28). The van der Waals surface area contributed by atoms with Crippen LogP contribution in [0.15, 0.2) is 24.5 Å². The lowest BCUT2D eigenvalue weighted by Crippen LogP contribution is -2.23. The van der Waals surface area contributed by atoms with Crippen molar-refractivity contribution in [1.29, 1.82) is 0 Å². The minimum Gasteiger partial charge on any atom is -0.381 e. The fraction of sp³-hybridized carbons (Fsp3) is 0.409. The highest BCUT2D eigenvalue weighted by Gasteiger charge is 2.20. The zero-order valence-electron chi connectivity index (χ0n) is 16.8. The summed E-state index contributed by atoms with van der Waals surface area (Å²) in [5.41, 5.74) is 3.59. The van der Waals surface area contributed by atoms with E-state index in [1.807, 2.05) is 25.1 Å². The predicted octanol–water partition coefficient (Wildman–Crippen LogP) is 3.83. The van der Waals surface area contributed by atoms with Crippen molar-refractivity contribution in [3.05, 3.63) is 35.7 Å². The number of benzene rings is 1. The minimum absolute atomic E-state index is 0.430. The summed E-state index contributed by atoms with van der Waals surface area (Å²) < 4.78 is 0. The number of aliphatic hydroxyl groups excluding tert-OH is 1. The summed E-state index contributed by atoms with van der Waals surface area (Å²) in [6.07, 6.45) is 7.05. The van der Waals surface area contributed by atoms with Crippen molar-refractivity contribution in [3.63, 3.8) is 0 Å². The molecule has 0 saturated heterocycles. The Morgan fingerprint density at radius 2 is 2.03 bits per heavy atom. The first-order valence-corrected chi connectivity index (χ1v) is 10.1. The Balaban J connectivity index is 1.58. The first kappa shape index (κ1) is 19.2. The van der Waals surface area contributed by atoms with Crippen molar-refractivity contribution in [2.45, 2.75) is 58.1 Å². The highest BCUT2D eigenvalue weighted by Crippen LogP contribution is 2.29. The zero-order valence-corrected chi connectivity index (χ0v) is 16.8. The van der Waals surface area contributed by atoms with E-state index in [2.05, 4.69) is 37.4 Å². The van der Waals surface area contributed by atoms with Crippen LogP contribution in [0.3, 0.4) is 0 Å². The van der Waals surface area contributed by atoms with Crippen LogP contribution in [0.1, 0.15) is 50.2 Å². The second-order valence-corrected chi connectivity index (χ2v) is 7.58. The first-order chi connectivity index (χ1) is 14.1. The quantitative estimate of drug-likeness (QED) is 0.505. The van der Waals surface area contributed by atoms with E-state index in [0.29, 0.717) is 17.8 Å². The van der Waals surface area contributed by atoms with Crippen LogP contribution in [-0.2, 0) is 0 Å². The molecule has 0 amide bonds. The van der Waals surface area contributed by atoms with Crippen LogP contribution in [0, 0.1) is 18.8 Å². The average molecular weight is 390 g/mol. The van der Waals surface area contributed by atoms with E-state index >= 15 is 0 Å². The number of aromatic amines is 1. The molecule has 1 aromatic carbocycles. The van der Waals surface area contributed by atoms with Gasteiger partial charge in [-0.1, -0.05) is 31.1 Å². The number of aryl methyl sites for hydroxylation is 1. The molecule has 0 spiro atoms. The van der Waals surface area contributed by atoms with Crippen LogP contribution in [0.5, 0.6) is 0 Å². The van der Waals surface area contributed by atoms with Crippen LogP contribution in [0.4, 0.5) is 17.5 Å². The van der Waals surface area contributed by atoms with Gasteiger partial charge in [-0.15, -0.1) is 0 Å². The summed E-state index contributed by atoms with van der Waals surface area (Å²) >= 11 is 0. The highest BCUT2D eigenvalue weighted by atomic mass is 16.3. The molecular formula is C22H26N6O. The van der Waals surface area contributed by atoms with E-state index in [-0.39, 0.29) is 0 Å². The summed E-state index contributed by atoms with van der Waals surface area (Å²) in [7, 11) is 0. The molecule has 2 aliphatic heterocycles. The number of aliphatic hydroxyl groups is 1. The van der Waals surface area contributed by atoms with Crippen molar-refractivity contribution in [2.75, 3.05) is 10.6 Å². The second kappa shape index (κ2) is 8.50. The van der Waals surface area contributed by atoms with E-state index in [0.717, 1.165) is 41.2 Å². The molecule has 7 nitrogen and oxygen atoms in total. The molecule has 1 atom stereocenters. The van der Waals surface area contributed by atoms with Crippen molar-refractivity contribution >= 4 is 17.5 Å². The van der Waals surface area contributed by atoms with Gasteiger partial charge in [-0.05, 0) is 50.5 Å². The van der Waals surface area contributed by atoms with Crippen molar-refractivity contribution in [3.8, 4) is 23.4 Å². The summed E-state index contributed by atoms with van der Waals surface area (Å²) in [6.45, 7) is 3.66. The topological polar surface area (TPSA) is 98.8 Å². The predicted molar refractivity (Wildman–Crippen MR) is 114 cm³/mol. The van der Waals surface area contributed by atoms with Crippen molar-refractivity contribution < 1.29 is 5.11 Å². The molecule has 0 bridgehead atoms. The van der Waals surface area contributed by atoms with Gasteiger partial charge in [0.15, 0.2) is 11.6 Å². The third-order valence-corrected chi connectivity index (χ3v) is 5.13. The summed E-state index contributed by atoms with van der Waals surface area (Å²) in [5.74, 6) is 7.82. The number of H-pyrrole nitrogens is 1. The number of imidazole rings is 1. The second-order valence-electron chi connectivity index (χ2n) is 7.58. The Morgan fingerprint density at radius 3 is 2.79 bits per heavy atom. The maximum absolute atomic E-state index is 9.33. The van der Waals surface area contributed by atoms with Crippen LogP contribution >= 0.6 is 0 Å². The highest BCUT2D eigenvalue weighted by molar-refractivity contribution is 5.71. The van der Waals surface area contributed by atoms with Crippen molar-refractivity contribution in [2.24, 2.45) is 0 Å². The molecule has 1 unspecified atom stereocenters. The molecule has 4 rings (SSSR count). The number of nitrogens with zero attached hydrogens (tertiary/aromatic N) is 3. The Hall–Kier alpha value is -3.11. The van der Waals surface area contributed by atoms with Crippen LogP contribution < -0.4 is 10.6 Å². The van der Waals surface area contributed by atoms with Gasteiger partial charge in [0.05, 0.1) is 0 Å². The maximum atomic E-state index is 9.33. The van der Waals surface area contributed by atoms with E-state index in [1.165, 1.54) is 19.3 Å². The summed E-state index contributed by atoms with van der Waals surface area (Å²) in [5, 5.41) is 16.3. The smallest absolute Gasteiger partial charge is 0.208 e. The molecule has 29 heavy (non-hydrogen) atoms. The molecule has 0 radical (unpaired) electrons. The van der Waals surface area contributed by atoms with Gasteiger partial charge in [-0.2, -0.15) is 4.98 Å². The Kier molecular flexibility index (Phi) is 5.63. The lowest BCUT2D eigenvalue weighted by atomic mass is 9.95. The number of hydrogen-bond donors (Lipinski definition) is 4. The molecule has 1 aromatic rings. The van der Waals surface area contributed by atoms with Crippen LogP contribution in [0.25, 0.3) is 11.5 Å². The molecule has 0 aromatic heterocycles. The molecule has 150 valence electrons. The Morgan fingerprint density at radius 1 is 1.21 bits per heavy atom. The normalized spacial score (nSPS) is 15.6. The lowest BCUT2D eigenvalue weighted by Gasteiger charge is -2.24. The molecule has 2 heterocycles. The van der Waals surface area contributed by atoms with E-state index in [9.17, 15) is 5.11 Å². The number of nitrogens with one attached hydrogen (secondary N) is 3. The maximum Gasteiger partial charge on any atom is 0.208 e. The van der Waals surface area contributed by atoms with Gasteiger partial charge >= 0.3 is 0 Å². The van der Waals surface area contributed by atoms with E-state index in [1.54, 1.807) is 13.3 Å². The third kappa shape index (κ3) is 4.66. The number of hydrogen-bond acceptors (Lipinski definition) is 6. The fourth-order valence-corrected chi connectivity index (χ4v) is 3.63. The number of aromatic nitrogens is 4. The molecule has 7 heteroatoms. The number of fused-ring (bicyclic) bond motifs is 1. The van der Waals surface area contributed by atoms with Gasteiger partial charge < -0.3 is 20.7 Å². The van der Waals surface area contributed by atoms with Gasteiger partial charge in [-0.3, -0.25) is 0 Å². The molecule has 1 fully saturated rings. The molecule has 1 saturated carbocycles. The zero-order chi connectivity index (χ0) is 20.2. The van der Waals surface area contributed by atoms with Gasteiger partial charge in [0, 0.05) is 17.3 Å². The summed E-state index contributed by atoms with van der Waals surface area (Å²) in [4.78, 5) is 16.7. The minimum atomic E-state index is -0.639. The van der Waals surface area contributed by atoms with Crippen LogP contribution in [0.2, 0.25) is 0 Å². The third-order valence-electron chi connectivity index (χ3n) is 5.13. The molecule has 3 aliphatic rings. The SMILES string of the molecule is Cc1cc(C#CC(C)O)ccc1Nc1nc(NC2CCCCC2)c2ncnc-2[nH]1. The van der Waals surface area contributed by atoms with Gasteiger partial charge in [-0.25, -0.2) is 9.97 Å². The largest absolute Gasteiger partial charge is 0.381 e. The monoisotopic (exact) mass is 390 g/mol.